The van der Waals surface area contributed by atoms with E-state index < -0.39 is 40.0 Å². The summed E-state index contributed by atoms with van der Waals surface area (Å²) >= 11 is 0. The molecule has 0 bridgehead atoms. The van der Waals surface area contributed by atoms with Crippen LogP contribution in [0.3, 0.4) is 0 Å². The summed E-state index contributed by atoms with van der Waals surface area (Å²) in [4.78, 5) is 40.6. The van der Waals surface area contributed by atoms with Crippen LogP contribution in [-0.2, 0) is 19.6 Å². The normalized spacial score (nSPS) is 19.7. The summed E-state index contributed by atoms with van der Waals surface area (Å²) in [7, 11) is -4.09. The maximum atomic E-state index is 13.3. The van der Waals surface area contributed by atoms with Crippen LogP contribution in [-0.4, -0.2) is 65.1 Å². The van der Waals surface area contributed by atoms with E-state index in [1.165, 1.54) is 26.0 Å². The fourth-order valence-electron chi connectivity index (χ4n) is 4.31. The average molecular weight is 491 g/mol. The Morgan fingerprint density at radius 3 is 2.35 bits per heavy atom. The van der Waals surface area contributed by atoms with Gasteiger partial charge in [-0.1, -0.05) is 6.07 Å². The molecule has 1 aromatic carbocycles. The van der Waals surface area contributed by atoms with Gasteiger partial charge in [-0.2, -0.15) is 4.31 Å². The zero-order valence-electron chi connectivity index (χ0n) is 20.1. The third-order valence-corrected chi connectivity index (χ3v) is 8.16. The number of aliphatic hydroxyl groups is 1. The standard InChI is InChI=1S/C24H30N2O7S/c1-12-7-8-19(9-13(12)2)34(31,32)26-11-18(28)10-20(26)24(30)33-17(6)23(29)22-14(3)21(16(5)27)15(4)25-22/h7-9,17-18,20,25,28H,10-11H2,1-6H3. The van der Waals surface area contributed by atoms with Crippen LogP contribution in [0.5, 0.6) is 0 Å². The summed E-state index contributed by atoms with van der Waals surface area (Å²) in [5.41, 5.74) is 3.28. The highest BCUT2D eigenvalue weighted by atomic mass is 32.2. The molecule has 0 amide bonds. The molecule has 3 rings (SSSR count). The van der Waals surface area contributed by atoms with E-state index in [9.17, 15) is 27.9 Å². The van der Waals surface area contributed by atoms with Crippen LogP contribution in [0.1, 0.15) is 63.5 Å². The molecule has 1 aliphatic rings. The van der Waals surface area contributed by atoms with E-state index in [4.69, 9.17) is 4.74 Å². The van der Waals surface area contributed by atoms with E-state index in [-0.39, 0.29) is 29.3 Å². The molecule has 184 valence electrons. The Morgan fingerprint density at radius 2 is 1.79 bits per heavy atom. The lowest BCUT2D eigenvalue weighted by molar-refractivity contribution is -0.150. The van der Waals surface area contributed by atoms with Crippen LogP contribution in [0.2, 0.25) is 0 Å². The van der Waals surface area contributed by atoms with Crippen molar-refractivity contribution in [3.63, 3.8) is 0 Å². The fraction of sp³-hybridized carbons (Fsp3) is 0.458. The minimum atomic E-state index is -4.09. The molecule has 0 aliphatic carbocycles. The van der Waals surface area contributed by atoms with Gasteiger partial charge >= 0.3 is 5.97 Å². The van der Waals surface area contributed by atoms with Crippen LogP contribution in [0.4, 0.5) is 0 Å². The highest BCUT2D eigenvalue weighted by Gasteiger charge is 2.45. The van der Waals surface area contributed by atoms with Gasteiger partial charge in [-0.25, -0.2) is 8.42 Å². The quantitative estimate of drug-likeness (QED) is 0.450. The molecule has 1 aromatic heterocycles. The third-order valence-electron chi connectivity index (χ3n) is 6.29. The molecular weight excluding hydrogens is 460 g/mol. The molecule has 0 spiro atoms. The first-order valence-electron chi connectivity index (χ1n) is 11.0. The first-order valence-corrected chi connectivity index (χ1v) is 12.4. The number of aliphatic hydroxyl groups excluding tert-OH is 1. The summed E-state index contributed by atoms with van der Waals surface area (Å²) < 4.78 is 32.8. The number of hydrogen-bond donors (Lipinski definition) is 2. The van der Waals surface area contributed by atoms with E-state index in [2.05, 4.69) is 4.98 Å². The second kappa shape index (κ2) is 9.44. The fourth-order valence-corrected chi connectivity index (χ4v) is 6.02. The third kappa shape index (κ3) is 4.70. The van der Waals surface area contributed by atoms with Crippen LogP contribution < -0.4 is 0 Å². The van der Waals surface area contributed by atoms with Crippen molar-refractivity contribution in [2.75, 3.05) is 6.54 Å². The number of aryl methyl sites for hydroxylation is 3. The molecule has 1 fully saturated rings. The van der Waals surface area contributed by atoms with Gasteiger partial charge in [0.2, 0.25) is 15.8 Å². The number of β-amino-alcohol motifs (C(OH)–C–C–N with tert-alkyl or cyclic N) is 1. The molecule has 0 radical (unpaired) electrons. The summed E-state index contributed by atoms with van der Waals surface area (Å²) in [6, 6.07) is 3.39. The maximum absolute atomic E-state index is 13.3. The molecule has 3 unspecified atom stereocenters. The van der Waals surface area contributed by atoms with E-state index in [1.54, 1.807) is 26.8 Å². The number of ketones is 2. The molecule has 10 heteroatoms. The molecule has 2 N–H and O–H groups in total. The van der Waals surface area contributed by atoms with E-state index >= 15 is 0 Å². The number of esters is 1. The van der Waals surface area contributed by atoms with E-state index in [0.717, 1.165) is 15.4 Å². The number of H-pyrrole nitrogens is 1. The van der Waals surface area contributed by atoms with Gasteiger partial charge in [0.05, 0.1) is 16.7 Å². The van der Waals surface area contributed by atoms with Crippen LogP contribution in [0.15, 0.2) is 23.1 Å². The minimum Gasteiger partial charge on any atom is -0.453 e. The number of benzene rings is 1. The van der Waals surface area contributed by atoms with Gasteiger partial charge in [0.1, 0.15) is 6.04 Å². The number of rotatable bonds is 7. The van der Waals surface area contributed by atoms with Crippen LogP contribution in [0, 0.1) is 27.7 Å². The number of aromatic amines is 1. The Bertz CT molecular complexity index is 1260. The van der Waals surface area contributed by atoms with Gasteiger partial charge in [0.15, 0.2) is 11.9 Å². The number of nitrogens with zero attached hydrogens (tertiary/aromatic N) is 1. The number of carbonyl (C=O) groups excluding carboxylic acids is 3. The molecule has 9 nitrogen and oxygen atoms in total. The van der Waals surface area contributed by atoms with E-state index in [0.29, 0.717) is 16.8 Å². The Hall–Kier alpha value is -2.82. The lowest BCUT2D eigenvalue weighted by Gasteiger charge is -2.24. The molecular formula is C24H30N2O7S. The number of carbonyl (C=O) groups is 3. The van der Waals surface area contributed by atoms with Gasteiger partial charge in [-0.3, -0.25) is 14.4 Å². The monoisotopic (exact) mass is 490 g/mol. The van der Waals surface area contributed by atoms with Crippen molar-refractivity contribution in [1.29, 1.82) is 0 Å². The van der Waals surface area contributed by atoms with Crippen LogP contribution in [0.25, 0.3) is 0 Å². The zero-order chi connectivity index (χ0) is 25.5. The summed E-state index contributed by atoms with van der Waals surface area (Å²) in [6.45, 7) is 9.48. The molecule has 1 saturated heterocycles. The maximum Gasteiger partial charge on any atom is 0.325 e. The largest absolute Gasteiger partial charge is 0.453 e. The molecule has 34 heavy (non-hydrogen) atoms. The summed E-state index contributed by atoms with van der Waals surface area (Å²) in [5.74, 6) is -1.65. The van der Waals surface area contributed by atoms with Crippen molar-refractivity contribution in [2.45, 2.75) is 71.1 Å². The molecule has 0 saturated carbocycles. The van der Waals surface area contributed by atoms with Crippen molar-refractivity contribution in [3.05, 3.63) is 51.8 Å². The first-order chi connectivity index (χ1) is 15.7. The number of Topliss-reactive ketones (excluding diaryl/α,β-unsaturated/α-hetero) is 2. The number of aromatic nitrogens is 1. The van der Waals surface area contributed by atoms with Crippen molar-refractivity contribution < 1.29 is 32.6 Å². The van der Waals surface area contributed by atoms with Crippen LogP contribution >= 0.6 is 0 Å². The number of hydrogen-bond acceptors (Lipinski definition) is 7. The number of sulfonamides is 1. The van der Waals surface area contributed by atoms with Gasteiger partial charge < -0.3 is 14.8 Å². The Balaban J connectivity index is 1.83. The summed E-state index contributed by atoms with van der Waals surface area (Å²) in [6.07, 6.45) is -2.41. The van der Waals surface area contributed by atoms with Crippen molar-refractivity contribution >= 4 is 27.6 Å². The van der Waals surface area contributed by atoms with Crippen molar-refractivity contribution in [1.82, 2.24) is 9.29 Å². The van der Waals surface area contributed by atoms with Gasteiger partial charge in [0, 0.05) is 24.2 Å². The Kier molecular flexibility index (Phi) is 7.16. The zero-order valence-corrected chi connectivity index (χ0v) is 20.9. The van der Waals surface area contributed by atoms with Gasteiger partial charge in [0.25, 0.3) is 0 Å². The molecule has 1 aliphatic heterocycles. The predicted molar refractivity (Wildman–Crippen MR) is 124 cm³/mol. The second-order valence-corrected chi connectivity index (χ2v) is 10.7. The minimum absolute atomic E-state index is 0.0147. The topological polar surface area (TPSA) is 134 Å². The average Bonchev–Trinajstić information content (AvgIpc) is 3.29. The number of nitrogens with one attached hydrogen (secondary N) is 1. The SMILES string of the molecule is CC(=O)c1c(C)[nH]c(C(=O)C(C)OC(=O)C2CC(O)CN2S(=O)(=O)c2ccc(C)c(C)c2)c1C. The Morgan fingerprint density at radius 1 is 1.15 bits per heavy atom. The number of ether oxygens (including phenoxy) is 1. The smallest absolute Gasteiger partial charge is 0.325 e. The van der Waals surface area contributed by atoms with Gasteiger partial charge in [-0.05, 0) is 70.4 Å². The van der Waals surface area contributed by atoms with E-state index in [1.807, 2.05) is 6.92 Å². The predicted octanol–water partition coefficient (Wildman–Crippen LogP) is 2.39. The van der Waals surface area contributed by atoms with Gasteiger partial charge in [-0.15, -0.1) is 0 Å². The molecule has 2 heterocycles. The summed E-state index contributed by atoms with van der Waals surface area (Å²) in [5, 5.41) is 10.2. The molecule has 2 aromatic rings. The lowest BCUT2D eigenvalue weighted by atomic mass is 10.0. The highest BCUT2D eigenvalue weighted by molar-refractivity contribution is 7.89. The second-order valence-electron chi connectivity index (χ2n) is 8.85. The first kappa shape index (κ1) is 25.8. The van der Waals surface area contributed by atoms with Crippen molar-refractivity contribution in [3.8, 4) is 0 Å². The van der Waals surface area contributed by atoms with Crippen molar-refractivity contribution in [2.24, 2.45) is 0 Å². The lowest BCUT2D eigenvalue weighted by Crippen LogP contribution is -2.43. The Labute approximate surface area is 199 Å². The molecule has 3 atom stereocenters. The highest BCUT2D eigenvalue weighted by Crippen LogP contribution is 2.29.